The summed E-state index contributed by atoms with van der Waals surface area (Å²) in [7, 11) is 0. The third kappa shape index (κ3) is 8.24. The van der Waals surface area contributed by atoms with E-state index in [1.807, 2.05) is 0 Å². The lowest BCUT2D eigenvalue weighted by molar-refractivity contribution is 0.0528. The lowest BCUT2D eigenvalue weighted by Crippen LogP contribution is -2.36. The number of halogens is 2. The Morgan fingerprint density at radius 2 is 1.71 bits per heavy atom. The highest BCUT2D eigenvalue weighted by atomic mass is 19.1. The number of hydrogen-bond acceptors (Lipinski definition) is 3. The van der Waals surface area contributed by atoms with Crippen molar-refractivity contribution in [1.29, 1.82) is 0 Å². The maximum atomic E-state index is 13.0. The van der Waals surface area contributed by atoms with Crippen LogP contribution in [0.2, 0.25) is 0 Å². The van der Waals surface area contributed by atoms with Crippen LogP contribution in [-0.2, 0) is 11.2 Å². The Labute approximate surface area is 123 Å². The largest absolute Gasteiger partial charge is 0.444 e. The normalized spacial score (nSPS) is 11.3. The van der Waals surface area contributed by atoms with Gasteiger partial charge in [-0.2, -0.15) is 0 Å². The van der Waals surface area contributed by atoms with Crippen LogP contribution in [0.4, 0.5) is 13.6 Å². The fourth-order valence-electron chi connectivity index (χ4n) is 1.68. The molecule has 0 spiro atoms. The average Bonchev–Trinajstić information content (AvgIpc) is 2.30. The molecule has 4 nitrogen and oxygen atoms in total. The third-order valence-corrected chi connectivity index (χ3v) is 2.48. The summed E-state index contributed by atoms with van der Waals surface area (Å²) >= 11 is 0. The quantitative estimate of drug-likeness (QED) is 0.794. The van der Waals surface area contributed by atoms with Gasteiger partial charge in [0, 0.05) is 19.2 Å². The van der Waals surface area contributed by atoms with Crippen LogP contribution in [0.15, 0.2) is 18.2 Å². The molecular formula is C15H22F2N2O2. The molecule has 0 saturated heterocycles. The Morgan fingerprint density at radius 3 is 2.29 bits per heavy atom. The van der Waals surface area contributed by atoms with Gasteiger partial charge in [0.1, 0.15) is 17.2 Å². The third-order valence-electron chi connectivity index (χ3n) is 2.48. The minimum atomic E-state index is -0.573. The molecule has 21 heavy (non-hydrogen) atoms. The minimum Gasteiger partial charge on any atom is -0.444 e. The molecule has 1 rings (SSSR count). The van der Waals surface area contributed by atoms with Gasteiger partial charge >= 0.3 is 6.09 Å². The first-order valence-electron chi connectivity index (χ1n) is 6.89. The first kappa shape index (κ1) is 17.4. The van der Waals surface area contributed by atoms with Crippen molar-refractivity contribution >= 4 is 6.09 Å². The summed E-state index contributed by atoms with van der Waals surface area (Å²) in [6.45, 7) is 6.93. The highest BCUT2D eigenvalue weighted by Gasteiger charge is 2.15. The number of benzene rings is 1. The zero-order valence-electron chi connectivity index (χ0n) is 12.6. The summed E-state index contributed by atoms with van der Waals surface area (Å²) in [6.07, 6.45) is 0.0534. The number of ether oxygens (including phenoxy) is 1. The molecule has 0 heterocycles. The van der Waals surface area contributed by atoms with Crippen LogP contribution >= 0.6 is 0 Å². The fraction of sp³-hybridized carbons (Fsp3) is 0.533. The average molecular weight is 300 g/mol. The molecule has 1 aromatic carbocycles. The highest BCUT2D eigenvalue weighted by molar-refractivity contribution is 5.67. The van der Waals surface area contributed by atoms with Gasteiger partial charge in [-0.15, -0.1) is 0 Å². The van der Waals surface area contributed by atoms with Crippen LogP contribution in [0.5, 0.6) is 0 Å². The van der Waals surface area contributed by atoms with Gasteiger partial charge in [-0.05, 0) is 51.4 Å². The zero-order valence-corrected chi connectivity index (χ0v) is 12.6. The first-order valence-corrected chi connectivity index (χ1v) is 6.89. The van der Waals surface area contributed by atoms with Crippen LogP contribution in [-0.4, -0.2) is 31.3 Å². The Hall–Kier alpha value is -1.69. The summed E-state index contributed by atoms with van der Waals surface area (Å²) in [6, 6.07) is 3.47. The molecule has 0 aliphatic rings. The molecule has 0 aromatic heterocycles. The maximum absolute atomic E-state index is 13.0. The lowest BCUT2D eigenvalue weighted by atomic mass is 10.1. The van der Waals surface area contributed by atoms with E-state index in [2.05, 4.69) is 10.6 Å². The van der Waals surface area contributed by atoms with E-state index in [1.54, 1.807) is 20.8 Å². The summed E-state index contributed by atoms with van der Waals surface area (Å²) in [4.78, 5) is 11.3. The Balaban J connectivity index is 2.13. The lowest BCUT2D eigenvalue weighted by Gasteiger charge is -2.19. The molecule has 2 N–H and O–H groups in total. The Kier molecular flexibility index (Phi) is 6.55. The fourth-order valence-corrected chi connectivity index (χ4v) is 1.68. The van der Waals surface area contributed by atoms with Crippen molar-refractivity contribution in [3.63, 3.8) is 0 Å². The molecule has 0 bridgehead atoms. The molecule has 0 radical (unpaired) electrons. The van der Waals surface area contributed by atoms with E-state index in [1.165, 1.54) is 12.1 Å². The van der Waals surface area contributed by atoms with Crippen LogP contribution in [0.1, 0.15) is 26.3 Å². The standard InChI is InChI=1S/C15H22F2N2O2/c1-15(2,3)21-14(20)19-7-6-18-5-4-11-8-12(16)10-13(17)9-11/h8-10,18H,4-7H2,1-3H3,(H,19,20). The van der Waals surface area contributed by atoms with Gasteiger partial charge in [0.2, 0.25) is 0 Å². The van der Waals surface area contributed by atoms with Crippen molar-refractivity contribution in [3.05, 3.63) is 35.4 Å². The molecule has 0 unspecified atom stereocenters. The van der Waals surface area contributed by atoms with Gasteiger partial charge in [0.15, 0.2) is 0 Å². The van der Waals surface area contributed by atoms with Crippen molar-refractivity contribution in [2.24, 2.45) is 0 Å². The molecule has 0 atom stereocenters. The van der Waals surface area contributed by atoms with Crippen LogP contribution in [0.25, 0.3) is 0 Å². The molecule has 6 heteroatoms. The Morgan fingerprint density at radius 1 is 1.10 bits per heavy atom. The van der Waals surface area contributed by atoms with E-state index in [4.69, 9.17) is 4.74 Å². The van der Waals surface area contributed by atoms with Crippen molar-refractivity contribution in [1.82, 2.24) is 10.6 Å². The van der Waals surface area contributed by atoms with Crippen LogP contribution in [0.3, 0.4) is 0 Å². The van der Waals surface area contributed by atoms with Gasteiger partial charge in [-0.3, -0.25) is 0 Å². The monoisotopic (exact) mass is 300 g/mol. The second-order valence-electron chi connectivity index (χ2n) is 5.71. The van der Waals surface area contributed by atoms with E-state index in [9.17, 15) is 13.6 Å². The first-order chi connectivity index (χ1) is 9.76. The molecule has 118 valence electrons. The molecule has 1 aromatic rings. The number of carbonyl (C=O) groups is 1. The highest BCUT2D eigenvalue weighted by Crippen LogP contribution is 2.08. The molecule has 0 aliphatic carbocycles. The number of carbonyl (C=O) groups excluding carboxylic acids is 1. The number of alkyl carbamates (subject to hydrolysis) is 1. The van der Waals surface area contributed by atoms with Gasteiger partial charge < -0.3 is 15.4 Å². The predicted molar refractivity (Wildman–Crippen MR) is 77.2 cm³/mol. The van der Waals surface area contributed by atoms with Crippen molar-refractivity contribution in [2.75, 3.05) is 19.6 Å². The van der Waals surface area contributed by atoms with Crippen molar-refractivity contribution < 1.29 is 18.3 Å². The van der Waals surface area contributed by atoms with E-state index >= 15 is 0 Å². The van der Waals surface area contributed by atoms with E-state index < -0.39 is 23.3 Å². The molecule has 0 fully saturated rings. The molecule has 1 amide bonds. The summed E-state index contributed by atoms with van der Waals surface area (Å²) in [5.41, 5.74) is 0.0824. The zero-order chi connectivity index (χ0) is 15.9. The molecule has 0 saturated carbocycles. The van der Waals surface area contributed by atoms with Crippen molar-refractivity contribution in [3.8, 4) is 0 Å². The number of nitrogens with one attached hydrogen (secondary N) is 2. The summed E-state index contributed by atoms with van der Waals surface area (Å²) in [5, 5.41) is 5.69. The number of amides is 1. The van der Waals surface area contributed by atoms with Gasteiger partial charge in [0.25, 0.3) is 0 Å². The number of rotatable bonds is 6. The minimum absolute atomic E-state index is 0.423. The summed E-state index contributed by atoms with van der Waals surface area (Å²) < 4.78 is 31.0. The molecule has 0 aliphatic heterocycles. The van der Waals surface area contributed by atoms with E-state index in [0.717, 1.165) is 6.07 Å². The maximum Gasteiger partial charge on any atom is 0.407 e. The Bertz CT molecular complexity index is 453. The second kappa shape index (κ2) is 7.93. The smallest absolute Gasteiger partial charge is 0.407 e. The van der Waals surface area contributed by atoms with E-state index in [-0.39, 0.29) is 0 Å². The predicted octanol–water partition coefficient (Wildman–Crippen LogP) is 2.62. The van der Waals surface area contributed by atoms with Crippen molar-refractivity contribution in [2.45, 2.75) is 32.8 Å². The second-order valence-corrected chi connectivity index (χ2v) is 5.71. The van der Waals surface area contributed by atoms with Crippen LogP contribution in [0, 0.1) is 11.6 Å². The van der Waals surface area contributed by atoms with Gasteiger partial charge in [-0.25, -0.2) is 13.6 Å². The summed E-state index contributed by atoms with van der Waals surface area (Å²) in [5.74, 6) is -1.15. The SMILES string of the molecule is CC(C)(C)OC(=O)NCCNCCc1cc(F)cc(F)c1. The van der Waals surface area contributed by atoms with Gasteiger partial charge in [0.05, 0.1) is 0 Å². The van der Waals surface area contributed by atoms with Crippen LogP contribution < -0.4 is 10.6 Å². The molecular weight excluding hydrogens is 278 g/mol. The van der Waals surface area contributed by atoms with E-state index in [0.29, 0.717) is 31.6 Å². The topological polar surface area (TPSA) is 50.4 Å². The van der Waals surface area contributed by atoms with Gasteiger partial charge in [-0.1, -0.05) is 0 Å². The number of hydrogen-bond donors (Lipinski definition) is 2.